The first-order valence-corrected chi connectivity index (χ1v) is 7.89. The molecule has 1 saturated heterocycles. The van der Waals surface area contributed by atoms with Gasteiger partial charge in [0.1, 0.15) is 11.6 Å². The van der Waals surface area contributed by atoms with Gasteiger partial charge in [-0.3, -0.25) is 9.59 Å². The number of hydrogen-bond acceptors (Lipinski definition) is 2. The molecule has 1 fully saturated rings. The fourth-order valence-corrected chi connectivity index (χ4v) is 3.00. The monoisotopic (exact) mass is 329 g/mol. The van der Waals surface area contributed by atoms with Crippen molar-refractivity contribution in [3.05, 3.63) is 71.3 Å². The Kier molecular flexibility index (Phi) is 4.69. The van der Waals surface area contributed by atoms with Gasteiger partial charge in [0.25, 0.3) is 5.91 Å². The highest BCUT2D eigenvalue weighted by molar-refractivity contribution is 5.99. The average molecular weight is 329 g/mol. The van der Waals surface area contributed by atoms with Gasteiger partial charge in [-0.1, -0.05) is 0 Å². The molecule has 1 aliphatic heterocycles. The van der Waals surface area contributed by atoms with Crippen LogP contribution in [0.3, 0.4) is 0 Å². The first-order chi connectivity index (χ1) is 11.5. The van der Waals surface area contributed by atoms with E-state index in [-0.39, 0.29) is 23.4 Å². The maximum Gasteiger partial charge on any atom is 0.253 e. The zero-order chi connectivity index (χ0) is 17.1. The van der Waals surface area contributed by atoms with Crippen molar-refractivity contribution in [1.29, 1.82) is 0 Å². The Morgan fingerprint density at radius 2 is 1.42 bits per heavy atom. The molecule has 3 rings (SSSR count). The Bertz CT molecular complexity index is 677. The van der Waals surface area contributed by atoms with Crippen LogP contribution in [0.5, 0.6) is 0 Å². The Balaban J connectivity index is 1.71. The minimum Gasteiger partial charge on any atom is -0.338 e. The molecule has 2 aromatic rings. The molecule has 0 unspecified atom stereocenters. The van der Waals surface area contributed by atoms with E-state index in [1.165, 1.54) is 48.5 Å². The number of amides is 1. The largest absolute Gasteiger partial charge is 0.338 e. The number of halogens is 2. The fourth-order valence-electron chi connectivity index (χ4n) is 3.00. The van der Waals surface area contributed by atoms with E-state index in [1.54, 1.807) is 4.90 Å². The molecule has 0 spiro atoms. The van der Waals surface area contributed by atoms with Crippen molar-refractivity contribution in [3.63, 3.8) is 0 Å². The number of Topliss-reactive ketones (excluding diaryl/α,β-unsaturated/α-hetero) is 1. The summed E-state index contributed by atoms with van der Waals surface area (Å²) in [6.07, 6.45) is 1.42. The molecule has 124 valence electrons. The Morgan fingerprint density at radius 3 is 2.00 bits per heavy atom. The molecule has 0 aliphatic carbocycles. The lowest BCUT2D eigenvalue weighted by Gasteiger charge is -2.32. The maximum absolute atomic E-state index is 13.0. The van der Waals surface area contributed by atoms with Crippen LogP contribution >= 0.6 is 0 Å². The topological polar surface area (TPSA) is 37.4 Å². The number of rotatable bonds is 3. The van der Waals surface area contributed by atoms with Gasteiger partial charge in [0, 0.05) is 30.1 Å². The van der Waals surface area contributed by atoms with E-state index in [1.807, 2.05) is 0 Å². The van der Waals surface area contributed by atoms with Crippen molar-refractivity contribution in [3.8, 4) is 0 Å². The second-order valence-electron chi connectivity index (χ2n) is 5.97. The fraction of sp³-hybridized carbons (Fsp3) is 0.263. The normalized spacial score (nSPS) is 17.6. The van der Waals surface area contributed by atoms with Gasteiger partial charge in [-0.2, -0.15) is 0 Å². The molecule has 2 aromatic carbocycles. The van der Waals surface area contributed by atoms with Crippen LogP contribution in [-0.4, -0.2) is 29.7 Å². The molecular formula is C19H17F2NO2. The predicted molar refractivity (Wildman–Crippen MR) is 85.8 cm³/mol. The summed E-state index contributed by atoms with van der Waals surface area (Å²) in [6, 6.07) is 10.9. The minimum absolute atomic E-state index is 0.0772. The van der Waals surface area contributed by atoms with E-state index in [0.717, 1.165) is 6.42 Å². The quantitative estimate of drug-likeness (QED) is 0.805. The van der Waals surface area contributed by atoms with Gasteiger partial charge in [0.2, 0.25) is 0 Å². The standard InChI is InChI=1S/C19H17F2NO2/c20-16-7-3-13(4-8-16)18(23)15-2-1-11-22(12-15)19(24)14-5-9-17(21)10-6-14/h3-10,15H,1-2,11-12H2/t15-/m0/s1. The number of carbonyl (C=O) groups excluding carboxylic acids is 2. The molecule has 1 atom stereocenters. The summed E-state index contributed by atoms with van der Waals surface area (Å²) in [5, 5.41) is 0. The number of carbonyl (C=O) groups is 2. The third-order valence-corrected chi connectivity index (χ3v) is 4.30. The lowest BCUT2D eigenvalue weighted by molar-refractivity contribution is 0.0637. The van der Waals surface area contributed by atoms with Gasteiger partial charge in [-0.25, -0.2) is 8.78 Å². The molecular weight excluding hydrogens is 312 g/mol. The summed E-state index contributed by atoms with van der Waals surface area (Å²) < 4.78 is 26.0. The molecule has 0 saturated carbocycles. The van der Waals surface area contributed by atoms with E-state index in [9.17, 15) is 18.4 Å². The summed E-state index contributed by atoms with van der Waals surface area (Å²) in [6.45, 7) is 0.899. The van der Waals surface area contributed by atoms with Gasteiger partial charge in [0.15, 0.2) is 5.78 Å². The summed E-state index contributed by atoms with van der Waals surface area (Å²) in [5.74, 6) is -1.36. The van der Waals surface area contributed by atoms with Crippen molar-refractivity contribution in [1.82, 2.24) is 4.90 Å². The van der Waals surface area contributed by atoms with E-state index in [0.29, 0.717) is 30.6 Å². The molecule has 5 heteroatoms. The SMILES string of the molecule is O=C(c1ccc(F)cc1)[C@H]1CCCN(C(=O)c2ccc(F)cc2)C1. The van der Waals surface area contributed by atoms with Crippen LogP contribution in [0.2, 0.25) is 0 Å². The average Bonchev–Trinajstić information content (AvgIpc) is 2.62. The van der Waals surface area contributed by atoms with Crippen molar-refractivity contribution in [2.45, 2.75) is 12.8 Å². The lowest BCUT2D eigenvalue weighted by Crippen LogP contribution is -2.42. The second kappa shape index (κ2) is 6.91. The molecule has 0 aromatic heterocycles. The van der Waals surface area contributed by atoms with Gasteiger partial charge >= 0.3 is 0 Å². The summed E-state index contributed by atoms with van der Waals surface area (Å²) >= 11 is 0. The zero-order valence-electron chi connectivity index (χ0n) is 13.0. The highest BCUT2D eigenvalue weighted by atomic mass is 19.1. The summed E-state index contributed by atoms with van der Waals surface area (Å²) in [5.41, 5.74) is 0.865. The molecule has 1 aliphatic rings. The third-order valence-electron chi connectivity index (χ3n) is 4.30. The number of nitrogens with zero attached hydrogens (tertiary/aromatic N) is 1. The molecule has 3 nitrogen and oxygen atoms in total. The van der Waals surface area contributed by atoms with Gasteiger partial charge in [-0.15, -0.1) is 0 Å². The first kappa shape index (κ1) is 16.3. The summed E-state index contributed by atoms with van der Waals surface area (Å²) in [4.78, 5) is 26.7. The Morgan fingerprint density at radius 1 is 0.875 bits per heavy atom. The summed E-state index contributed by atoms with van der Waals surface area (Å²) in [7, 11) is 0. The Labute approximate surface area is 138 Å². The van der Waals surface area contributed by atoms with E-state index in [2.05, 4.69) is 0 Å². The van der Waals surface area contributed by atoms with Crippen LogP contribution in [-0.2, 0) is 0 Å². The lowest BCUT2D eigenvalue weighted by atomic mass is 9.89. The van der Waals surface area contributed by atoms with Crippen molar-refractivity contribution >= 4 is 11.7 Å². The number of ketones is 1. The van der Waals surface area contributed by atoms with Gasteiger partial charge in [-0.05, 0) is 61.4 Å². The molecule has 0 bridgehead atoms. The van der Waals surface area contributed by atoms with Gasteiger partial charge in [0.05, 0.1) is 0 Å². The third kappa shape index (κ3) is 3.50. The van der Waals surface area contributed by atoms with Crippen LogP contribution in [0.25, 0.3) is 0 Å². The number of benzene rings is 2. The molecule has 24 heavy (non-hydrogen) atoms. The van der Waals surface area contributed by atoms with Crippen molar-refractivity contribution in [2.75, 3.05) is 13.1 Å². The molecule has 1 heterocycles. The van der Waals surface area contributed by atoms with Crippen LogP contribution < -0.4 is 0 Å². The van der Waals surface area contributed by atoms with Gasteiger partial charge < -0.3 is 4.90 Å². The van der Waals surface area contributed by atoms with Crippen molar-refractivity contribution < 1.29 is 18.4 Å². The van der Waals surface area contributed by atoms with Crippen LogP contribution in [0.15, 0.2) is 48.5 Å². The first-order valence-electron chi connectivity index (χ1n) is 7.89. The Hall–Kier alpha value is -2.56. The highest BCUT2D eigenvalue weighted by Crippen LogP contribution is 2.22. The van der Waals surface area contributed by atoms with Crippen LogP contribution in [0, 0.1) is 17.6 Å². The molecule has 0 radical (unpaired) electrons. The second-order valence-corrected chi connectivity index (χ2v) is 5.97. The number of piperidine rings is 1. The molecule has 1 amide bonds. The molecule has 0 N–H and O–H groups in total. The number of likely N-dealkylation sites (tertiary alicyclic amines) is 1. The predicted octanol–water partition coefficient (Wildman–Crippen LogP) is 3.70. The smallest absolute Gasteiger partial charge is 0.253 e. The maximum atomic E-state index is 13.0. The number of hydrogen-bond donors (Lipinski definition) is 0. The van der Waals surface area contributed by atoms with E-state index < -0.39 is 5.82 Å². The van der Waals surface area contributed by atoms with Crippen molar-refractivity contribution in [2.24, 2.45) is 5.92 Å². The minimum atomic E-state index is -0.394. The van der Waals surface area contributed by atoms with Crippen LogP contribution in [0.4, 0.5) is 8.78 Å². The van der Waals surface area contributed by atoms with Crippen LogP contribution in [0.1, 0.15) is 33.6 Å². The highest BCUT2D eigenvalue weighted by Gasteiger charge is 2.29. The zero-order valence-corrected chi connectivity index (χ0v) is 13.0. The van der Waals surface area contributed by atoms with E-state index in [4.69, 9.17) is 0 Å². The van der Waals surface area contributed by atoms with E-state index >= 15 is 0 Å².